The lowest BCUT2D eigenvalue weighted by Crippen LogP contribution is -1.88. The standard InChI is InChI=1S/C8H11NS/c1-2-4-7(3-1)8-9-5-6-10-8/h5-7H,1-4H2. The smallest absolute Gasteiger partial charge is 0.0955 e. The van der Waals surface area contributed by atoms with Crippen molar-refractivity contribution < 1.29 is 0 Å². The summed E-state index contributed by atoms with van der Waals surface area (Å²) in [5, 5.41) is 3.44. The highest BCUT2D eigenvalue weighted by atomic mass is 32.1. The van der Waals surface area contributed by atoms with Gasteiger partial charge in [-0.05, 0) is 12.8 Å². The van der Waals surface area contributed by atoms with Crippen LogP contribution in [0.4, 0.5) is 0 Å². The predicted molar refractivity (Wildman–Crippen MR) is 43.3 cm³/mol. The number of rotatable bonds is 1. The predicted octanol–water partition coefficient (Wildman–Crippen LogP) is 2.80. The quantitative estimate of drug-likeness (QED) is 0.604. The van der Waals surface area contributed by atoms with Crippen LogP contribution in [0.3, 0.4) is 0 Å². The molecule has 1 heterocycles. The summed E-state index contributed by atoms with van der Waals surface area (Å²) in [6.45, 7) is 0. The summed E-state index contributed by atoms with van der Waals surface area (Å²) in [5.41, 5.74) is 0. The normalized spacial score (nSPS) is 20.0. The van der Waals surface area contributed by atoms with Crippen LogP contribution in [0.15, 0.2) is 11.6 Å². The van der Waals surface area contributed by atoms with Crippen LogP contribution in [0.1, 0.15) is 36.6 Å². The van der Waals surface area contributed by atoms with E-state index in [9.17, 15) is 0 Å². The summed E-state index contributed by atoms with van der Waals surface area (Å²) in [7, 11) is 0. The first-order valence-electron chi connectivity index (χ1n) is 3.86. The van der Waals surface area contributed by atoms with Gasteiger partial charge < -0.3 is 0 Å². The van der Waals surface area contributed by atoms with Gasteiger partial charge in [-0.1, -0.05) is 12.8 Å². The van der Waals surface area contributed by atoms with E-state index >= 15 is 0 Å². The van der Waals surface area contributed by atoms with Crippen molar-refractivity contribution in [1.29, 1.82) is 0 Å². The van der Waals surface area contributed by atoms with Crippen molar-refractivity contribution in [3.8, 4) is 0 Å². The van der Waals surface area contributed by atoms with Crippen LogP contribution in [0.2, 0.25) is 0 Å². The summed E-state index contributed by atoms with van der Waals surface area (Å²) >= 11 is 1.81. The minimum atomic E-state index is 0.806. The number of hydrogen-bond acceptors (Lipinski definition) is 2. The van der Waals surface area contributed by atoms with Crippen molar-refractivity contribution in [3.05, 3.63) is 16.6 Å². The van der Waals surface area contributed by atoms with Crippen LogP contribution in [0, 0.1) is 0 Å². The van der Waals surface area contributed by atoms with Crippen LogP contribution in [0.5, 0.6) is 0 Å². The average molecular weight is 153 g/mol. The maximum Gasteiger partial charge on any atom is 0.0955 e. The zero-order valence-corrected chi connectivity index (χ0v) is 6.73. The van der Waals surface area contributed by atoms with Crippen LogP contribution in [0.25, 0.3) is 0 Å². The molecule has 0 atom stereocenters. The number of aromatic nitrogens is 1. The maximum atomic E-state index is 4.32. The van der Waals surface area contributed by atoms with Gasteiger partial charge in [-0.25, -0.2) is 4.98 Å². The van der Waals surface area contributed by atoms with Crippen LogP contribution in [-0.4, -0.2) is 4.98 Å². The van der Waals surface area contributed by atoms with Crippen molar-refractivity contribution in [2.45, 2.75) is 31.6 Å². The minimum Gasteiger partial charge on any atom is -0.249 e. The fourth-order valence-electron chi connectivity index (χ4n) is 1.61. The molecule has 10 heavy (non-hydrogen) atoms. The van der Waals surface area contributed by atoms with Gasteiger partial charge in [-0.3, -0.25) is 0 Å². The molecule has 0 amide bonds. The Bertz CT molecular complexity index is 187. The molecule has 0 unspecified atom stereocenters. The summed E-state index contributed by atoms with van der Waals surface area (Å²) < 4.78 is 0. The molecule has 54 valence electrons. The Morgan fingerprint density at radius 1 is 1.40 bits per heavy atom. The third-order valence-electron chi connectivity index (χ3n) is 2.16. The van der Waals surface area contributed by atoms with Crippen LogP contribution in [-0.2, 0) is 0 Å². The first-order chi connectivity index (χ1) is 4.97. The molecule has 2 rings (SSSR count). The summed E-state index contributed by atoms with van der Waals surface area (Å²) in [6, 6.07) is 0. The molecule has 0 spiro atoms. The summed E-state index contributed by atoms with van der Waals surface area (Å²) in [4.78, 5) is 4.32. The maximum absolute atomic E-state index is 4.32. The lowest BCUT2D eigenvalue weighted by atomic mass is 10.1. The molecule has 1 nitrogen and oxygen atoms in total. The largest absolute Gasteiger partial charge is 0.249 e. The molecule has 0 aromatic carbocycles. The first kappa shape index (κ1) is 6.35. The van der Waals surface area contributed by atoms with Gasteiger partial charge in [-0.2, -0.15) is 0 Å². The molecular weight excluding hydrogens is 142 g/mol. The fraction of sp³-hybridized carbons (Fsp3) is 0.625. The van der Waals surface area contributed by atoms with Gasteiger partial charge in [0, 0.05) is 17.5 Å². The van der Waals surface area contributed by atoms with E-state index in [-0.39, 0.29) is 0 Å². The van der Waals surface area contributed by atoms with Gasteiger partial charge in [0.2, 0.25) is 0 Å². The Morgan fingerprint density at radius 3 is 2.80 bits per heavy atom. The van der Waals surface area contributed by atoms with Crippen molar-refractivity contribution in [2.24, 2.45) is 0 Å². The Balaban J connectivity index is 2.12. The van der Waals surface area contributed by atoms with E-state index in [1.54, 1.807) is 0 Å². The summed E-state index contributed by atoms with van der Waals surface area (Å²) in [5.74, 6) is 0.806. The Hall–Kier alpha value is -0.370. The summed E-state index contributed by atoms with van der Waals surface area (Å²) in [6.07, 6.45) is 7.47. The monoisotopic (exact) mass is 153 g/mol. The van der Waals surface area contributed by atoms with E-state index in [1.165, 1.54) is 30.7 Å². The molecule has 0 saturated heterocycles. The molecule has 1 fully saturated rings. The topological polar surface area (TPSA) is 12.9 Å². The van der Waals surface area contributed by atoms with Crippen molar-refractivity contribution >= 4 is 11.3 Å². The minimum absolute atomic E-state index is 0.806. The fourth-order valence-corrected chi connectivity index (χ4v) is 2.42. The van der Waals surface area contributed by atoms with Gasteiger partial charge in [0.15, 0.2) is 0 Å². The van der Waals surface area contributed by atoms with Gasteiger partial charge in [0.1, 0.15) is 0 Å². The highest BCUT2D eigenvalue weighted by Crippen LogP contribution is 2.34. The molecular formula is C8H11NS. The van der Waals surface area contributed by atoms with Gasteiger partial charge in [0.05, 0.1) is 5.01 Å². The number of nitrogens with zero attached hydrogens (tertiary/aromatic N) is 1. The average Bonchev–Trinajstić information content (AvgIpc) is 2.59. The molecule has 2 heteroatoms. The zero-order valence-electron chi connectivity index (χ0n) is 5.92. The third kappa shape index (κ3) is 1.08. The molecule has 1 aliphatic carbocycles. The lowest BCUT2D eigenvalue weighted by molar-refractivity contribution is 0.716. The van der Waals surface area contributed by atoms with Gasteiger partial charge in [-0.15, -0.1) is 11.3 Å². The number of thiazole rings is 1. The van der Waals surface area contributed by atoms with Crippen LogP contribution < -0.4 is 0 Å². The third-order valence-corrected chi connectivity index (χ3v) is 3.09. The van der Waals surface area contributed by atoms with Gasteiger partial charge in [0.25, 0.3) is 0 Å². The molecule has 1 saturated carbocycles. The Morgan fingerprint density at radius 2 is 2.20 bits per heavy atom. The molecule has 0 aliphatic heterocycles. The van der Waals surface area contributed by atoms with E-state index in [4.69, 9.17) is 0 Å². The van der Waals surface area contributed by atoms with E-state index in [2.05, 4.69) is 10.4 Å². The zero-order chi connectivity index (χ0) is 6.81. The molecule has 0 radical (unpaired) electrons. The van der Waals surface area contributed by atoms with Crippen molar-refractivity contribution in [2.75, 3.05) is 0 Å². The second-order valence-corrected chi connectivity index (χ2v) is 3.78. The second-order valence-electron chi connectivity index (χ2n) is 2.85. The Kier molecular flexibility index (Phi) is 1.72. The lowest BCUT2D eigenvalue weighted by Gasteiger charge is -2.01. The SMILES string of the molecule is c1csc(C2CCCC2)n1. The van der Waals surface area contributed by atoms with E-state index in [0.29, 0.717) is 0 Å². The van der Waals surface area contributed by atoms with Gasteiger partial charge >= 0.3 is 0 Å². The van der Waals surface area contributed by atoms with E-state index < -0.39 is 0 Å². The molecule has 0 N–H and O–H groups in total. The molecule has 1 aromatic heterocycles. The second kappa shape index (κ2) is 2.70. The van der Waals surface area contributed by atoms with E-state index in [1.807, 2.05) is 17.5 Å². The highest BCUT2D eigenvalue weighted by Gasteiger charge is 2.18. The molecule has 1 aliphatic rings. The van der Waals surface area contributed by atoms with Crippen molar-refractivity contribution in [1.82, 2.24) is 4.98 Å². The number of hydrogen-bond donors (Lipinski definition) is 0. The molecule has 1 aromatic rings. The highest BCUT2D eigenvalue weighted by molar-refractivity contribution is 7.09. The van der Waals surface area contributed by atoms with E-state index in [0.717, 1.165) is 5.92 Å². The molecule has 0 bridgehead atoms. The van der Waals surface area contributed by atoms with Crippen LogP contribution >= 0.6 is 11.3 Å². The Labute approximate surface area is 65.1 Å². The van der Waals surface area contributed by atoms with Crippen molar-refractivity contribution in [3.63, 3.8) is 0 Å². The first-order valence-corrected chi connectivity index (χ1v) is 4.74.